The van der Waals surface area contributed by atoms with Crippen molar-refractivity contribution in [3.63, 3.8) is 0 Å². The van der Waals surface area contributed by atoms with Crippen molar-refractivity contribution in [2.45, 2.75) is 135 Å². The standard InChI is InChI=1S/C18H34O2.C9H18N2O3/c1-2-3-4-5-6-7-8-9-10-11-12-13-14-15-16-17-18(19)20;1-2-8(12)11-7(9(13)14)5-3-4-6-10/h9-10H,2-8,11-17H2,1H3,(H,19,20);7H,2-6,10H2,1H3,(H,11,12)(H,13,14). The first kappa shape index (κ1) is 34.3. The number of unbranched alkanes of at least 4 members (excludes halogenated alkanes) is 12. The molecule has 7 heteroatoms. The van der Waals surface area contributed by atoms with Gasteiger partial charge in [-0.05, 0) is 57.9 Å². The van der Waals surface area contributed by atoms with Crippen molar-refractivity contribution in [3.8, 4) is 0 Å². The molecule has 0 fully saturated rings. The monoisotopic (exact) mass is 484 g/mol. The summed E-state index contributed by atoms with van der Waals surface area (Å²) in [6, 6.07) is -0.769. The van der Waals surface area contributed by atoms with Gasteiger partial charge in [-0.2, -0.15) is 0 Å². The molecule has 0 aliphatic carbocycles. The Balaban J connectivity index is 0. The minimum absolute atomic E-state index is 0.231. The van der Waals surface area contributed by atoms with Gasteiger partial charge in [-0.25, -0.2) is 4.79 Å². The molecule has 0 radical (unpaired) electrons. The van der Waals surface area contributed by atoms with Crippen molar-refractivity contribution >= 4 is 17.8 Å². The molecule has 0 aromatic carbocycles. The van der Waals surface area contributed by atoms with Gasteiger partial charge < -0.3 is 21.3 Å². The molecule has 0 bridgehead atoms. The second-order valence-corrected chi connectivity index (χ2v) is 8.82. The fourth-order valence-corrected chi connectivity index (χ4v) is 3.39. The molecular formula is C27H52N2O5. The maximum Gasteiger partial charge on any atom is 0.326 e. The Kier molecular flexibility index (Phi) is 27.6. The zero-order valence-corrected chi connectivity index (χ0v) is 21.9. The van der Waals surface area contributed by atoms with Gasteiger partial charge in [-0.15, -0.1) is 0 Å². The number of nitrogens with one attached hydrogen (secondary N) is 1. The van der Waals surface area contributed by atoms with E-state index in [1.807, 2.05) is 0 Å². The Hall–Kier alpha value is -1.89. The Morgan fingerprint density at radius 2 is 1.29 bits per heavy atom. The predicted octanol–water partition coefficient (Wildman–Crippen LogP) is 6.20. The Morgan fingerprint density at radius 3 is 1.76 bits per heavy atom. The Morgan fingerprint density at radius 1 is 0.765 bits per heavy atom. The number of hydrogen-bond acceptors (Lipinski definition) is 4. The van der Waals surface area contributed by atoms with Gasteiger partial charge in [0.2, 0.25) is 5.91 Å². The van der Waals surface area contributed by atoms with Crippen molar-refractivity contribution in [1.29, 1.82) is 0 Å². The van der Waals surface area contributed by atoms with Gasteiger partial charge in [-0.3, -0.25) is 9.59 Å². The summed E-state index contributed by atoms with van der Waals surface area (Å²) >= 11 is 0. The summed E-state index contributed by atoms with van der Waals surface area (Å²) in [4.78, 5) is 32.0. The maximum atomic E-state index is 11.0. The van der Waals surface area contributed by atoms with Gasteiger partial charge in [0.1, 0.15) is 6.04 Å². The van der Waals surface area contributed by atoms with Crippen LogP contribution in [0.2, 0.25) is 0 Å². The normalized spacial score (nSPS) is 11.6. The van der Waals surface area contributed by atoms with Crippen molar-refractivity contribution in [2.75, 3.05) is 6.54 Å². The third-order valence-electron chi connectivity index (χ3n) is 5.55. The number of carboxylic acids is 2. The van der Waals surface area contributed by atoms with Crippen molar-refractivity contribution < 1.29 is 24.6 Å². The highest BCUT2D eigenvalue weighted by molar-refractivity contribution is 5.83. The molecule has 200 valence electrons. The zero-order valence-electron chi connectivity index (χ0n) is 21.9. The second-order valence-electron chi connectivity index (χ2n) is 8.82. The van der Waals surface area contributed by atoms with E-state index in [4.69, 9.17) is 15.9 Å². The molecule has 0 rings (SSSR count). The maximum absolute atomic E-state index is 11.0. The first-order chi connectivity index (χ1) is 16.4. The molecular weight excluding hydrogens is 432 g/mol. The largest absolute Gasteiger partial charge is 0.481 e. The predicted molar refractivity (Wildman–Crippen MR) is 140 cm³/mol. The minimum Gasteiger partial charge on any atom is -0.481 e. The van der Waals surface area contributed by atoms with Crippen LogP contribution in [0.1, 0.15) is 129 Å². The van der Waals surface area contributed by atoms with E-state index in [2.05, 4.69) is 24.4 Å². The van der Waals surface area contributed by atoms with Gasteiger partial charge in [0, 0.05) is 12.8 Å². The van der Waals surface area contributed by atoms with Crippen LogP contribution >= 0.6 is 0 Å². The van der Waals surface area contributed by atoms with Crippen LogP contribution in [-0.4, -0.2) is 40.6 Å². The highest BCUT2D eigenvalue weighted by Gasteiger charge is 2.17. The third kappa shape index (κ3) is 28.1. The number of amides is 1. The van der Waals surface area contributed by atoms with Crippen LogP contribution in [0, 0.1) is 0 Å². The number of rotatable bonds is 22. The van der Waals surface area contributed by atoms with Gasteiger partial charge >= 0.3 is 11.9 Å². The number of carboxylic acid groups (broad SMARTS) is 2. The van der Waals surface area contributed by atoms with E-state index >= 15 is 0 Å². The fourth-order valence-electron chi connectivity index (χ4n) is 3.39. The van der Waals surface area contributed by atoms with Crippen molar-refractivity contribution in [1.82, 2.24) is 5.32 Å². The molecule has 7 nitrogen and oxygen atoms in total. The first-order valence-corrected chi connectivity index (χ1v) is 13.5. The minimum atomic E-state index is -0.983. The summed E-state index contributed by atoms with van der Waals surface area (Å²) in [5.41, 5.74) is 5.28. The van der Waals surface area contributed by atoms with Crippen LogP contribution in [0.3, 0.4) is 0 Å². The van der Waals surface area contributed by atoms with E-state index < -0.39 is 18.0 Å². The topological polar surface area (TPSA) is 130 Å². The Labute approximate surface area is 208 Å². The SMILES string of the molecule is CCC(=O)NC(CCCCN)C(=O)O.CCCCCCCCC=CCCCCCCCC(=O)O. The van der Waals surface area contributed by atoms with Gasteiger partial charge in [0.15, 0.2) is 0 Å². The number of hydrogen-bond donors (Lipinski definition) is 4. The molecule has 1 atom stereocenters. The molecule has 0 saturated carbocycles. The van der Waals surface area contributed by atoms with Gasteiger partial charge in [0.25, 0.3) is 0 Å². The van der Waals surface area contributed by atoms with Crippen LogP contribution in [0.15, 0.2) is 12.2 Å². The van der Waals surface area contributed by atoms with Gasteiger partial charge in [-0.1, -0.05) is 77.4 Å². The lowest BCUT2D eigenvalue weighted by Crippen LogP contribution is -2.40. The second kappa shape index (κ2) is 27.4. The molecule has 0 saturated heterocycles. The summed E-state index contributed by atoms with van der Waals surface area (Å²) in [5.74, 6) is -1.88. The summed E-state index contributed by atoms with van der Waals surface area (Å²) in [6.45, 7) is 4.50. The first-order valence-electron chi connectivity index (χ1n) is 13.5. The number of allylic oxidation sites excluding steroid dienone is 2. The van der Waals surface area contributed by atoms with Crippen LogP contribution in [0.25, 0.3) is 0 Å². The molecule has 5 N–H and O–H groups in total. The molecule has 0 aliphatic heterocycles. The third-order valence-corrected chi connectivity index (χ3v) is 5.55. The van der Waals surface area contributed by atoms with E-state index in [-0.39, 0.29) is 5.91 Å². The molecule has 1 unspecified atom stereocenters. The lowest BCUT2D eigenvalue weighted by Gasteiger charge is -2.13. The molecule has 0 aliphatic rings. The quantitative estimate of drug-likeness (QED) is 0.107. The van der Waals surface area contributed by atoms with Crippen molar-refractivity contribution in [2.24, 2.45) is 5.73 Å². The van der Waals surface area contributed by atoms with Crippen LogP contribution in [-0.2, 0) is 14.4 Å². The van der Waals surface area contributed by atoms with E-state index in [0.717, 1.165) is 25.7 Å². The van der Waals surface area contributed by atoms with Gasteiger partial charge in [0.05, 0.1) is 0 Å². The lowest BCUT2D eigenvalue weighted by molar-refractivity contribution is -0.142. The average molecular weight is 485 g/mol. The fraction of sp³-hybridized carbons (Fsp3) is 0.815. The Bertz CT molecular complexity index is 523. The lowest BCUT2D eigenvalue weighted by atomic mass is 10.1. The molecule has 0 aromatic heterocycles. The van der Waals surface area contributed by atoms with E-state index in [1.165, 1.54) is 70.6 Å². The smallest absolute Gasteiger partial charge is 0.326 e. The van der Waals surface area contributed by atoms with Crippen LogP contribution in [0.5, 0.6) is 0 Å². The molecule has 0 aromatic rings. The number of nitrogens with two attached hydrogens (primary N) is 1. The highest BCUT2D eigenvalue weighted by Crippen LogP contribution is 2.09. The van der Waals surface area contributed by atoms with Crippen molar-refractivity contribution in [3.05, 3.63) is 12.2 Å². The van der Waals surface area contributed by atoms with E-state index in [1.54, 1.807) is 6.92 Å². The number of aliphatic carboxylic acids is 2. The van der Waals surface area contributed by atoms with E-state index in [9.17, 15) is 14.4 Å². The van der Waals surface area contributed by atoms with Crippen LogP contribution < -0.4 is 11.1 Å². The summed E-state index contributed by atoms with van der Waals surface area (Å²) < 4.78 is 0. The number of carbonyl (C=O) groups excluding carboxylic acids is 1. The zero-order chi connectivity index (χ0) is 25.9. The average Bonchev–Trinajstić information content (AvgIpc) is 2.81. The molecule has 0 spiro atoms. The van der Waals surface area contributed by atoms with Crippen LogP contribution in [0.4, 0.5) is 0 Å². The highest BCUT2D eigenvalue weighted by atomic mass is 16.4. The molecule has 34 heavy (non-hydrogen) atoms. The summed E-state index contributed by atoms with van der Waals surface area (Å²) in [5, 5.41) is 19.7. The molecule has 0 heterocycles. The van der Waals surface area contributed by atoms with E-state index in [0.29, 0.717) is 25.8 Å². The summed E-state index contributed by atoms with van der Waals surface area (Å²) in [6.07, 6.45) is 23.5. The number of carbonyl (C=O) groups is 3. The summed E-state index contributed by atoms with van der Waals surface area (Å²) in [7, 11) is 0. The molecule has 1 amide bonds.